The summed E-state index contributed by atoms with van der Waals surface area (Å²) in [6.45, 7) is 2.27. The topological polar surface area (TPSA) is 46.5 Å². The van der Waals surface area contributed by atoms with E-state index in [1.54, 1.807) is 19.1 Å². The Morgan fingerprint density at radius 3 is 2.91 bits per heavy atom. The minimum Gasteiger partial charge on any atom is -0.423 e. The third-order valence-corrected chi connectivity index (χ3v) is 3.91. The molecule has 2 aromatic carbocycles. The molecule has 0 radical (unpaired) electrons. The fraction of sp³-hybridized carbons (Fsp3) is 0.235. The molecule has 1 heterocycles. The fourth-order valence-corrected chi connectivity index (χ4v) is 2.71. The third-order valence-electron chi connectivity index (χ3n) is 3.91. The Labute approximate surface area is 128 Å². The van der Waals surface area contributed by atoms with E-state index in [0.29, 0.717) is 12.1 Å². The summed E-state index contributed by atoms with van der Waals surface area (Å²) in [5.41, 5.74) is 3.34. The van der Waals surface area contributed by atoms with E-state index in [2.05, 4.69) is 0 Å². The standard InChI is InChI=1S/C17H16BFO3/c1-11-2-5-14(16(19)8-11)17(20)10-12-3-4-13-6-7-22-18(21)15(13)9-12/h2-5,8-9,21H,6-7,10H2,1H3. The van der Waals surface area contributed by atoms with Crippen LogP contribution >= 0.6 is 0 Å². The Hall–Kier alpha value is -1.98. The summed E-state index contributed by atoms with van der Waals surface area (Å²) in [5, 5.41) is 9.84. The first-order valence-electron chi connectivity index (χ1n) is 7.25. The van der Waals surface area contributed by atoms with Gasteiger partial charge in [-0.2, -0.15) is 0 Å². The van der Waals surface area contributed by atoms with Crippen LogP contribution in [0.15, 0.2) is 36.4 Å². The summed E-state index contributed by atoms with van der Waals surface area (Å²) in [6, 6.07) is 10.1. The van der Waals surface area contributed by atoms with Gasteiger partial charge in [-0.25, -0.2) is 4.39 Å². The van der Waals surface area contributed by atoms with Crippen molar-refractivity contribution in [1.82, 2.24) is 0 Å². The zero-order chi connectivity index (χ0) is 15.7. The van der Waals surface area contributed by atoms with Crippen LogP contribution in [0.25, 0.3) is 0 Å². The Morgan fingerprint density at radius 2 is 2.14 bits per heavy atom. The zero-order valence-corrected chi connectivity index (χ0v) is 12.3. The third kappa shape index (κ3) is 2.96. The number of benzene rings is 2. The van der Waals surface area contributed by atoms with Gasteiger partial charge in [0.2, 0.25) is 0 Å². The van der Waals surface area contributed by atoms with Crippen molar-refractivity contribution < 1.29 is 18.9 Å². The van der Waals surface area contributed by atoms with Gasteiger partial charge < -0.3 is 9.68 Å². The fourth-order valence-electron chi connectivity index (χ4n) is 2.71. The molecule has 22 heavy (non-hydrogen) atoms. The van der Waals surface area contributed by atoms with Gasteiger partial charge in [0.25, 0.3) is 0 Å². The number of hydrogen-bond acceptors (Lipinski definition) is 3. The highest BCUT2D eigenvalue weighted by molar-refractivity contribution is 6.60. The molecule has 0 aliphatic carbocycles. The number of fused-ring (bicyclic) bond motifs is 1. The van der Waals surface area contributed by atoms with E-state index in [-0.39, 0.29) is 17.8 Å². The second-order valence-corrected chi connectivity index (χ2v) is 5.59. The maximum Gasteiger partial charge on any atom is 0.491 e. The van der Waals surface area contributed by atoms with Crippen molar-refractivity contribution in [3.8, 4) is 0 Å². The number of carbonyl (C=O) groups is 1. The predicted molar refractivity (Wildman–Crippen MR) is 82.9 cm³/mol. The van der Waals surface area contributed by atoms with Crippen molar-refractivity contribution in [3.05, 3.63) is 64.5 Å². The van der Waals surface area contributed by atoms with Crippen LogP contribution in [0.4, 0.5) is 4.39 Å². The summed E-state index contributed by atoms with van der Waals surface area (Å²) in [7, 11) is -0.949. The summed E-state index contributed by atoms with van der Waals surface area (Å²) >= 11 is 0. The van der Waals surface area contributed by atoms with Crippen molar-refractivity contribution in [2.75, 3.05) is 6.61 Å². The molecule has 0 atom stereocenters. The average Bonchev–Trinajstić information content (AvgIpc) is 2.48. The molecule has 2 aromatic rings. The Balaban J connectivity index is 1.84. The number of carbonyl (C=O) groups excluding carboxylic acids is 1. The van der Waals surface area contributed by atoms with Crippen molar-refractivity contribution in [1.29, 1.82) is 0 Å². The maximum atomic E-state index is 13.9. The summed E-state index contributed by atoms with van der Waals surface area (Å²) in [5.74, 6) is -0.769. The first-order chi connectivity index (χ1) is 10.5. The molecule has 0 bridgehead atoms. The second-order valence-electron chi connectivity index (χ2n) is 5.59. The van der Waals surface area contributed by atoms with Crippen LogP contribution in [0.1, 0.15) is 27.0 Å². The van der Waals surface area contributed by atoms with E-state index in [4.69, 9.17) is 4.65 Å². The summed E-state index contributed by atoms with van der Waals surface area (Å²) in [4.78, 5) is 12.3. The van der Waals surface area contributed by atoms with Gasteiger partial charge in [-0.05, 0) is 47.6 Å². The lowest BCUT2D eigenvalue weighted by atomic mass is 9.73. The van der Waals surface area contributed by atoms with Crippen LogP contribution in [-0.4, -0.2) is 24.5 Å². The van der Waals surface area contributed by atoms with Gasteiger partial charge in [-0.3, -0.25) is 4.79 Å². The lowest BCUT2D eigenvalue weighted by Crippen LogP contribution is -2.41. The van der Waals surface area contributed by atoms with Crippen LogP contribution in [-0.2, 0) is 17.5 Å². The largest absolute Gasteiger partial charge is 0.491 e. The van der Waals surface area contributed by atoms with Crippen LogP contribution < -0.4 is 5.46 Å². The lowest BCUT2D eigenvalue weighted by Gasteiger charge is -2.19. The number of hydrogen-bond donors (Lipinski definition) is 1. The molecular weight excluding hydrogens is 282 g/mol. The molecular formula is C17H16BFO3. The van der Waals surface area contributed by atoms with Gasteiger partial charge in [-0.15, -0.1) is 0 Å². The number of aryl methyl sites for hydroxylation is 1. The molecule has 5 heteroatoms. The number of rotatable bonds is 3. The second kappa shape index (κ2) is 6.03. The first kappa shape index (κ1) is 14.9. The average molecular weight is 298 g/mol. The molecule has 0 saturated heterocycles. The maximum absolute atomic E-state index is 13.9. The smallest absolute Gasteiger partial charge is 0.423 e. The highest BCUT2D eigenvalue weighted by Gasteiger charge is 2.25. The first-order valence-corrected chi connectivity index (χ1v) is 7.25. The van der Waals surface area contributed by atoms with Gasteiger partial charge >= 0.3 is 7.12 Å². The molecule has 0 aromatic heterocycles. The minimum atomic E-state index is -0.949. The van der Waals surface area contributed by atoms with E-state index in [1.807, 2.05) is 12.1 Å². The Bertz CT molecular complexity index is 730. The van der Waals surface area contributed by atoms with E-state index >= 15 is 0 Å². The summed E-state index contributed by atoms with van der Waals surface area (Å²) < 4.78 is 19.0. The molecule has 0 fully saturated rings. The van der Waals surface area contributed by atoms with E-state index in [9.17, 15) is 14.2 Å². The Morgan fingerprint density at radius 1 is 1.32 bits per heavy atom. The predicted octanol–water partition coefficient (Wildman–Crippen LogP) is 1.82. The SMILES string of the molecule is Cc1ccc(C(=O)Cc2ccc3c(c2)B(O)OCC3)c(F)c1. The molecule has 3 nitrogen and oxygen atoms in total. The van der Waals surface area contributed by atoms with Crippen LogP contribution in [0.5, 0.6) is 0 Å². The molecule has 0 amide bonds. The molecule has 112 valence electrons. The van der Waals surface area contributed by atoms with Gasteiger partial charge in [0.05, 0.1) is 5.56 Å². The van der Waals surface area contributed by atoms with E-state index < -0.39 is 12.9 Å². The molecule has 0 spiro atoms. The minimum absolute atomic E-state index is 0.0972. The Kier molecular flexibility index (Phi) is 4.09. The van der Waals surface area contributed by atoms with E-state index in [1.165, 1.54) is 12.1 Å². The number of halogens is 1. The molecule has 1 N–H and O–H groups in total. The van der Waals surface area contributed by atoms with Crippen molar-refractivity contribution in [3.63, 3.8) is 0 Å². The van der Waals surface area contributed by atoms with E-state index in [0.717, 1.165) is 23.1 Å². The van der Waals surface area contributed by atoms with Crippen LogP contribution in [0, 0.1) is 12.7 Å². The van der Waals surface area contributed by atoms with Crippen molar-refractivity contribution >= 4 is 18.4 Å². The van der Waals surface area contributed by atoms with Gasteiger partial charge in [0.1, 0.15) is 5.82 Å². The van der Waals surface area contributed by atoms with Crippen LogP contribution in [0.3, 0.4) is 0 Å². The molecule has 3 rings (SSSR count). The number of Topliss-reactive ketones (excluding diaryl/α,β-unsaturated/α-hetero) is 1. The lowest BCUT2D eigenvalue weighted by molar-refractivity contribution is 0.0989. The highest BCUT2D eigenvalue weighted by Crippen LogP contribution is 2.15. The van der Waals surface area contributed by atoms with Crippen LogP contribution in [0.2, 0.25) is 0 Å². The van der Waals surface area contributed by atoms with Crippen molar-refractivity contribution in [2.45, 2.75) is 19.8 Å². The van der Waals surface area contributed by atoms with Gasteiger partial charge in [-0.1, -0.05) is 24.3 Å². The molecule has 1 aliphatic rings. The molecule has 0 unspecified atom stereocenters. The molecule has 1 aliphatic heterocycles. The quantitative estimate of drug-likeness (QED) is 0.694. The highest BCUT2D eigenvalue weighted by atomic mass is 19.1. The number of ketones is 1. The zero-order valence-electron chi connectivity index (χ0n) is 12.3. The monoisotopic (exact) mass is 298 g/mol. The molecule has 0 saturated carbocycles. The normalized spacial score (nSPS) is 13.9. The van der Waals surface area contributed by atoms with Gasteiger partial charge in [0, 0.05) is 13.0 Å². The van der Waals surface area contributed by atoms with Gasteiger partial charge in [0.15, 0.2) is 5.78 Å². The summed E-state index contributed by atoms with van der Waals surface area (Å²) in [6.07, 6.45) is 0.840. The van der Waals surface area contributed by atoms with Crippen molar-refractivity contribution in [2.24, 2.45) is 0 Å².